The van der Waals surface area contributed by atoms with Crippen LogP contribution < -0.4 is 0 Å². The van der Waals surface area contributed by atoms with Gasteiger partial charge >= 0.3 is 11.9 Å². The van der Waals surface area contributed by atoms with Crippen LogP contribution >= 0.6 is 0 Å². The molecule has 0 amide bonds. The Morgan fingerprint density at radius 2 is 1.56 bits per heavy atom. The van der Waals surface area contributed by atoms with Gasteiger partial charge in [-0.1, -0.05) is 13.2 Å². The molecule has 0 aliphatic heterocycles. The zero-order valence-electron chi connectivity index (χ0n) is 8.64. The number of hydrogen-bond donors (Lipinski definition) is 4. The van der Waals surface area contributed by atoms with Crippen LogP contribution in [0.1, 0.15) is 19.3 Å². The van der Waals surface area contributed by atoms with E-state index in [9.17, 15) is 19.8 Å². The first kappa shape index (κ1) is 14.3. The second-order valence-electron chi connectivity index (χ2n) is 3.36. The number of carboxylic acid groups (broad SMARTS) is 2. The van der Waals surface area contributed by atoms with Crippen LogP contribution in [0.25, 0.3) is 0 Å². The molecular weight excluding hydrogens is 216 g/mol. The molecule has 0 bridgehead atoms. The predicted molar refractivity (Wildman–Crippen MR) is 54.6 cm³/mol. The van der Waals surface area contributed by atoms with Crippen molar-refractivity contribution in [3.05, 3.63) is 24.3 Å². The van der Waals surface area contributed by atoms with Gasteiger partial charge in [0.15, 0.2) is 5.79 Å². The van der Waals surface area contributed by atoms with Gasteiger partial charge in [-0.05, 0) is 12.8 Å². The van der Waals surface area contributed by atoms with Gasteiger partial charge in [-0.25, -0.2) is 9.59 Å². The Balaban J connectivity index is 4.20. The fourth-order valence-electron chi connectivity index (χ4n) is 0.977. The van der Waals surface area contributed by atoms with Crippen molar-refractivity contribution in [2.45, 2.75) is 25.0 Å². The zero-order valence-corrected chi connectivity index (χ0v) is 8.64. The van der Waals surface area contributed by atoms with Gasteiger partial charge in [0.05, 0.1) is 5.57 Å². The number of hydrogen-bond acceptors (Lipinski definition) is 4. The number of carbonyl (C=O) groups is 2. The molecule has 6 heteroatoms. The first-order valence-corrected chi connectivity index (χ1v) is 4.47. The van der Waals surface area contributed by atoms with Crippen molar-refractivity contribution >= 4 is 11.9 Å². The van der Waals surface area contributed by atoms with Crippen molar-refractivity contribution in [1.29, 1.82) is 0 Å². The fourth-order valence-corrected chi connectivity index (χ4v) is 0.977. The van der Waals surface area contributed by atoms with Gasteiger partial charge in [0, 0.05) is 12.0 Å². The highest BCUT2D eigenvalue weighted by Crippen LogP contribution is 2.20. The SMILES string of the molecule is C=C(CCCC(O)(O)C(=C)C(=O)O)C(=O)O. The van der Waals surface area contributed by atoms with Crippen molar-refractivity contribution < 1.29 is 30.0 Å². The molecule has 0 spiro atoms. The highest BCUT2D eigenvalue weighted by molar-refractivity contribution is 5.87. The van der Waals surface area contributed by atoms with Crippen LogP contribution in [-0.2, 0) is 9.59 Å². The van der Waals surface area contributed by atoms with Crippen LogP contribution in [0.15, 0.2) is 24.3 Å². The summed E-state index contributed by atoms with van der Waals surface area (Å²) in [4.78, 5) is 20.8. The Morgan fingerprint density at radius 1 is 1.06 bits per heavy atom. The minimum Gasteiger partial charge on any atom is -0.478 e. The maximum absolute atomic E-state index is 10.4. The fraction of sp³-hybridized carbons (Fsp3) is 0.400. The molecule has 0 radical (unpaired) electrons. The Labute approximate surface area is 92.1 Å². The molecule has 6 nitrogen and oxygen atoms in total. The summed E-state index contributed by atoms with van der Waals surface area (Å²) in [5, 5.41) is 35.6. The number of rotatable bonds is 7. The molecule has 16 heavy (non-hydrogen) atoms. The van der Waals surface area contributed by atoms with Gasteiger partial charge in [0.25, 0.3) is 0 Å². The van der Waals surface area contributed by atoms with Crippen molar-refractivity contribution in [3.8, 4) is 0 Å². The number of aliphatic hydroxyl groups is 2. The van der Waals surface area contributed by atoms with E-state index in [1.165, 1.54) is 0 Å². The largest absolute Gasteiger partial charge is 0.478 e. The topological polar surface area (TPSA) is 115 Å². The lowest BCUT2D eigenvalue weighted by molar-refractivity contribution is -0.156. The Hall–Kier alpha value is -1.66. The van der Waals surface area contributed by atoms with Gasteiger partial charge in [-0.3, -0.25) is 0 Å². The third kappa shape index (κ3) is 4.24. The third-order valence-corrected chi connectivity index (χ3v) is 2.05. The monoisotopic (exact) mass is 230 g/mol. The summed E-state index contributed by atoms with van der Waals surface area (Å²) in [5.41, 5.74) is -0.815. The average Bonchev–Trinajstić information content (AvgIpc) is 2.15. The summed E-state index contributed by atoms with van der Waals surface area (Å²) in [6.45, 7) is 6.27. The second kappa shape index (κ2) is 5.43. The Bertz CT molecular complexity index is 328. The first-order chi connectivity index (χ1) is 7.18. The van der Waals surface area contributed by atoms with Gasteiger partial charge in [0.2, 0.25) is 0 Å². The molecular formula is C10H14O6. The van der Waals surface area contributed by atoms with Gasteiger partial charge in [0.1, 0.15) is 0 Å². The average molecular weight is 230 g/mol. The smallest absolute Gasteiger partial charge is 0.336 e. The molecule has 0 saturated carbocycles. The van der Waals surface area contributed by atoms with E-state index < -0.39 is 23.3 Å². The standard InChI is InChI=1S/C10H14O6/c1-6(8(11)12)4-3-5-10(15,16)7(2)9(13)14/h15-16H,1-5H2,(H,11,12)(H,13,14). The summed E-state index contributed by atoms with van der Waals surface area (Å²) in [6, 6.07) is 0. The van der Waals surface area contributed by atoms with Crippen LogP contribution in [0.5, 0.6) is 0 Å². The Kier molecular flexibility index (Phi) is 4.87. The van der Waals surface area contributed by atoms with Crippen molar-refractivity contribution in [1.82, 2.24) is 0 Å². The minimum absolute atomic E-state index is 0.0467. The van der Waals surface area contributed by atoms with Crippen LogP contribution in [0.2, 0.25) is 0 Å². The van der Waals surface area contributed by atoms with Crippen LogP contribution in [0.4, 0.5) is 0 Å². The summed E-state index contributed by atoms with van der Waals surface area (Å²) in [6.07, 6.45) is -0.181. The quantitative estimate of drug-likeness (QED) is 0.364. The molecule has 0 saturated heterocycles. The van der Waals surface area contributed by atoms with Crippen LogP contribution in [0.3, 0.4) is 0 Å². The van der Waals surface area contributed by atoms with Gasteiger partial charge in [-0.2, -0.15) is 0 Å². The molecule has 0 aromatic heterocycles. The van der Waals surface area contributed by atoms with E-state index >= 15 is 0 Å². The molecule has 90 valence electrons. The molecule has 0 heterocycles. The van der Waals surface area contributed by atoms with Gasteiger partial charge in [-0.15, -0.1) is 0 Å². The lowest BCUT2D eigenvalue weighted by Gasteiger charge is -2.21. The van der Waals surface area contributed by atoms with E-state index in [-0.39, 0.29) is 24.8 Å². The maximum Gasteiger partial charge on any atom is 0.336 e. The van der Waals surface area contributed by atoms with Crippen LogP contribution in [0, 0.1) is 0 Å². The van der Waals surface area contributed by atoms with E-state index in [1.807, 2.05) is 0 Å². The Morgan fingerprint density at radius 3 is 1.94 bits per heavy atom. The summed E-state index contributed by atoms with van der Waals surface area (Å²) >= 11 is 0. The molecule has 0 aliphatic carbocycles. The summed E-state index contributed by atoms with van der Waals surface area (Å²) < 4.78 is 0. The summed E-state index contributed by atoms with van der Waals surface area (Å²) in [5.74, 6) is -5.20. The lowest BCUT2D eigenvalue weighted by atomic mass is 9.99. The number of carboxylic acids is 2. The zero-order chi connectivity index (χ0) is 12.9. The molecule has 0 fully saturated rings. The van der Waals surface area contributed by atoms with E-state index in [0.29, 0.717) is 0 Å². The van der Waals surface area contributed by atoms with Crippen LogP contribution in [-0.4, -0.2) is 38.2 Å². The van der Waals surface area contributed by atoms with Crippen molar-refractivity contribution in [3.63, 3.8) is 0 Å². The van der Waals surface area contributed by atoms with Crippen molar-refractivity contribution in [2.75, 3.05) is 0 Å². The van der Waals surface area contributed by atoms with Crippen molar-refractivity contribution in [2.24, 2.45) is 0 Å². The summed E-state index contributed by atoms with van der Waals surface area (Å²) in [7, 11) is 0. The van der Waals surface area contributed by atoms with E-state index in [1.54, 1.807) is 0 Å². The predicted octanol–water partition coefficient (Wildman–Crippen LogP) is 0.119. The van der Waals surface area contributed by atoms with E-state index in [2.05, 4.69) is 13.2 Å². The van der Waals surface area contributed by atoms with Gasteiger partial charge < -0.3 is 20.4 Å². The number of aliphatic carboxylic acids is 2. The molecule has 0 aromatic carbocycles. The van der Waals surface area contributed by atoms with E-state index in [4.69, 9.17) is 10.2 Å². The molecule has 0 unspecified atom stereocenters. The third-order valence-electron chi connectivity index (χ3n) is 2.05. The maximum atomic E-state index is 10.4. The highest BCUT2D eigenvalue weighted by atomic mass is 16.5. The molecule has 0 rings (SSSR count). The second-order valence-corrected chi connectivity index (χ2v) is 3.36. The normalized spacial score (nSPS) is 10.9. The highest BCUT2D eigenvalue weighted by Gasteiger charge is 2.31. The lowest BCUT2D eigenvalue weighted by Crippen LogP contribution is -2.34. The van der Waals surface area contributed by atoms with E-state index in [0.717, 1.165) is 0 Å². The minimum atomic E-state index is -2.52. The molecule has 0 aromatic rings. The first-order valence-electron chi connectivity index (χ1n) is 4.47. The molecule has 4 N–H and O–H groups in total. The molecule has 0 aliphatic rings. The molecule has 0 atom stereocenters.